The van der Waals surface area contributed by atoms with Crippen LogP contribution in [-0.2, 0) is 9.59 Å². The van der Waals surface area contributed by atoms with Gasteiger partial charge in [0, 0.05) is 0 Å². The van der Waals surface area contributed by atoms with E-state index in [1.807, 2.05) is 0 Å². The van der Waals surface area contributed by atoms with E-state index in [-0.39, 0.29) is 5.02 Å². The molecule has 0 saturated carbocycles. The van der Waals surface area contributed by atoms with Crippen LogP contribution in [0.15, 0.2) is 52.8 Å². The molecule has 2 aliphatic rings. The molecule has 2 aromatic carbocycles. The van der Waals surface area contributed by atoms with Gasteiger partial charge in [-0.25, -0.2) is 14.3 Å². The number of hydrogen-bond acceptors (Lipinski definition) is 6. The monoisotopic (exact) mass is 374 g/mol. The third-order valence-corrected chi connectivity index (χ3v) is 4.57. The summed E-state index contributed by atoms with van der Waals surface area (Å²) in [4.78, 5) is 26.6. The summed E-state index contributed by atoms with van der Waals surface area (Å²) in [7, 11) is 1.53. The highest BCUT2D eigenvalue weighted by molar-refractivity contribution is 6.31. The molecule has 1 fully saturated rings. The molecule has 0 bridgehead atoms. The molecule has 132 valence electrons. The van der Waals surface area contributed by atoms with Crippen LogP contribution < -0.4 is 14.6 Å². The molecular formula is C17H12ClFN4O3. The maximum absolute atomic E-state index is 13.4. The topological polar surface area (TPSA) is 74.6 Å². The number of amides is 2. The van der Waals surface area contributed by atoms with Gasteiger partial charge in [0.2, 0.25) is 0 Å². The summed E-state index contributed by atoms with van der Waals surface area (Å²) in [6.07, 6.45) is 0. The molecule has 2 heterocycles. The van der Waals surface area contributed by atoms with Crippen molar-refractivity contribution in [1.82, 2.24) is 0 Å². The number of nitrogens with zero attached hydrogens (tertiary/aromatic N) is 4. The van der Waals surface area contributed by atoms with E-state index in [4.69, 9.17) is 16.3 Å². The molecule has 0 spiro atoms. The Morgan fingerprint density at radius 3 is 2.42 bits per heavy atom. The van der Waals surface area contributed by atoms with Crippen LogP contribution in [0.25, 0.3) is 0 Å². The van der Waals surface area contributed by atoms with E-state index >= 15 is 0 Å². The summed E-state index contributed by atoms with van der Waals surface area (Å²) in [5, 5.41) is 9.02. The average molecular weight is 375 g/mol. The maximum Gasteiger partial charge on any atom is 0.263 e. The highest BCUT2D eigenvalue weighted by atomic mass is 35.5. The van der Waals surface area contributed by atoms with Crippen molar-refractivity contribution in [2.45, 2.75) is 12.1 Å². The lowest BCUT2D eigenvalue weighted by Crippen LogP contribution is -2.39. The molecule has 0 unspecified atom stereocenters. The Morgan fingerprint density at radius 2 is 1.77 bits per heavy atom. The Bertz CT molecular complexity index is 934. The fourth-order valence-electron chi connectivity index (χ4n) is 2.99. The molecule has 1 saturated heterocycles. The van der Waals surface area contributed by atoms with E-state index in [9.17, 15) is 14.0 Å². The molecule has 2 amide bonds. The van der Waals surface area contributed by atoms with Crippen LogP contribution in [0.4, 0.5) is 15.8 Å². The zero-order chi connectivity index (χ0) is 18.4. The average Bonchev–Trinajstić information content (AvgIpc) is 3.18. The Balaban J connectivity index is 1.67. The fourth-order valence-corrected chi connectivity index (χ4v) is 3.16. The SMILES string of the molecule is COc1ccc(N2C(=O)[C@@H]3[C@@H](N=NN3c3ccc(F)c(Cl)c3)C2=O)cc1. The van der Waals surface area contributed by atoms with Crippen LogP contribution in [0.2, 0.25) is 5.02 Å². The molecule has 9 heteroatoms. The van der Waals surface area contributed by atoms with E-state index in [0.717, 1.165) is 4.90 Å². The molecule has 0 aliphatic carbocycles. The van der Waals surface area contributed by atoms with Crippen molar-refractivity contribution in [3.05, 3.63) is 53.3 Å². The van der Waals surface area contributed by atoms with Crippen LogP contribution in [-0.4, -0.2) is 31.0 Å². The van der Waals surface area contributed by atoms with Crippen molar-refractivity contribution in [1.29, 1.82) is 0 Å². The molecule has 26 heavy (non-hydrogen) atoms. The Morgan fingerprint density at radius 1 is 1.08 bits per heavy atom. The first-order valence-electron chi connectivity index (χ1n) is 7.68. The normalized spacial score (nSPS) is 21.5. The van der Waals surface area contributed by atoms with Crippen molar-refractivity contribution in [2.75, 3.05) is 17.0 Å². The predicted molar refractivity (Wildman–Crippen MR) is 91.8 cm³/mol. The first-order valence-corrected chi connectivity index (χ1v) is 8.06. The third-order valence-electron chi connectivity index (χ3n) is 4.28. The van der Waals surface area contributed by atoms with Crippen LogP contribution in [0.3, 0.4) is 0 Å². The van der Waals surface area contributed by atoms with Gasteiger partial charge in [0.15, 0.2) is 12.1 Å². The fraction of sp³-hybridized carbons (Fsp3) is 0.176. The summed E-state index contributed by atoms with van der Waals surface area (Å²) >= 11 is 5.81. The van der Waals surface area contributed by atoms with Crippen LogP contribution in [0.5, 0.6) is 5.75 Å². The van der Waals surface area contributed by atoms with Crippen LogP contribution >= 0.6 is 11.6 Å². The van der Waals surface area contributed by atoms with Crippen molar-refractivity contribution < 1.29 is 18.7 Å². The highest BCUT2D eigenvalue weighted by Gasteiger charge is 2.55. The molecular weight excluding hydrogens is 363 g/mol. The number of hydrogen-bond donors (Lipinski definition) is 0. The maximum atomic E-state index is 13.4. The number of fused-ring (bicyclic) bond motifs is 1. The lowest BCUT2D eigenvalue weighted by atomic mass is 10.1. The summed E-state index contributed by atoms with van der Waals surface area (Å²) < 4.78 is 18.5. The molecule has 0 radical (unpaired) electrons. The Labute approximate surface area is 152 Å². The number of anilines is 2. The summed E-state index contributed by atoms with van der Waals surface area (Å²) in [6, 6.07) is 8.61. The minimum absolute atomic E-state index is 0.107. The lowest BCUT2D eigenvalue weighted by Gasteiger charge is -2.20. The third kappa shape index (κ3) is 2.41. The van der Waals surface area contributed by atoms with Crippen LogP contribution in [0, 0.1) is 5.82 Å². The predicted octanol–water partition coefficient (Wildman–Crippen LogP) is 2.99. The molecule has 0 aromatic heterocycles. The number of rotatable bonds is 3. The van der Waals surface area contributed by atoms with Gasteiger partial charge in [-0.1, -0.05) is 16.8 Å². The van der Waals surface area contributed by atoms with E-state index in [1.165, 1.54) is 30.3 Å². The van der Waals surface area contributed by atoms with Gasteiger partial charge < -0.3 is 4.74 Å². The van der Waals surface area contributed by atoms with E-state index in [0.29, 0.717) is 17.1 Å². The number of imide groups is 1. The first-order chi connectivity index (χ1) is 12.5. The number of carbonyl (C=O) groups excluding carboxylic acids is 2. The number of halogens is 2. The quantitative estimate of drug-likeness (QED) is 0.774. The van der Waals surface area contributed by atoms with Crippen molar-refractivity contribution in [2.24, 2.45) is 10.3 Å². The second-order valence-electron chi connectivity index (χ2n) is 5.75. The number of ether oxygens (including phenoxy) is 1. The summed E-state index contributed by atoms with van der Waals surface area (Å²) in [5.74, 6) is -0.910. The van der Waals surface area contributed by atoms with Gasteiger partial charge in [-0.05, 0) is 42.5 Å². The van der Waals surface area contributed by atoms with Crippen molar-refractivity contribution >= 4 is 34.8 Å². The Kier molecular flexibility index (Phi) is 3.84. The molecule has 2 atom stereocenters. The molecule has 7 nitrogen and oxygen atoms in total. The Hall–Kier alpha value is -3.00. The molecule has 4 rings (SSSR count). The van der Waals surface area contributed by atoms with E-state index < -0.39 is 29.7 Å². The second kappa shape index (κ2) is 6.06. The van der Waals surface area contributed by atoms with Crippen molar-refractivity contribution in [3.63, 3.8) is 0 Å². The second-order valence-corrected chi connectivity index (χ2v) is 6.15. The largest absolute Gasteiger partial charge is 0.497 e. The molecule has 2 aromatic rings. The zero-order valence-electron chi connectivity index (χ0n) is 13.5. The van der Waals surface area contributed by atoms with Gasteiger partial charge in [0.1, 0.15) is 11.6 Å². The number of carbonyl (C=O) groups is 2. The summed E-state index contributed by atoms with van der Waals surface area (Å²) in [6.45, 7) is 0. The van der Waals surface area contributed by atoms with Gasteiger partial charge in [-0.2, -0.15) is 5.11 Å². The number of benzene rings is 2. The van der Waals surface area contributed by atoms with Crippen molar-refractivity contribution in [3.8, 4) is 5.75 Å². The first kappa shape index (κ1) is 16.5. The van der Waals surface area contributed by atoms with Crippen LogP contribution in [0.1, 0.15) is 0 Å². The van der Waals surface area contributed by atoms with E-state index in [1.54, 1.807) is 24.3 Å². The molecule has 2 aliphatic heterocycles. The van der Waals surface area contributed by atoms with Gasteiger partial charge in [0.25, 0.3) is 11.8 Å². The van der Waals surface area contributed by atoms with Gasteiger partial charge in [0.05, 0.1) is 23.5 Å². The van der Waals surface area contributed by atoms with Gasteiger partial charge in [-0.3, -0.25) is 9.59 Å². The van der Waals surface area contributed by atoms with E-state index in [2.05, 4.69) is 10.3 Å². The van der Waals surface area contributed by atoms with Gasteiger partial charge >= 0.3 is 0 Å². The number of methoxy groups -OCH3 is 1. The summed E-state index contributed by atoms with van der Waals surface area (Å²) in [5.41, 5.74) is 0.799. The lowest BCUT2D eigenvalue weighted by molar-refractivity contribution is -0.121. The minimum Gasteiger partial charge on any atom is -0.497 e. The molecule has 0 N–H and O–H groups in total. The smallest absolute Gasteiger partial charge is 0.263 e. The highest BCUT2D eigenvalue weighted by Crippen LogP contribution is 2.36. The zero-order valence-corrected chi connectivity index (χ0v) is 14.2. The van der Waals surface area contributed by atoms with Gasteiger partial charge in [-0.15, -0.1) is 0 Å². The minimum atomic E-state index is -0.951. The standard InChI is InChI=1S/C17H12ClFN4O3/c1-26-11-5-2-9(3-6-11)22-16(24)14-15(17(22)25)23(21-20-14)10-4-7-13(19)12(18)8-10/h2-8,14-15H,1H3/t14-,15+/m1/s1.